The lowest BCUT2D eigenvalue weighted by Gasteiger charge is -2.31. The lowest BCUT2D eigenvalue weighted by molar-refractivity contribution is -0.122. The van der Waals surface area contributed by atoms with Gasteiger partial charge >= 0.3 is 0 Å². The zero-order valence-corrected chi connectivity index (χ0v) is 15.1. The van der Waals surface area contributed by atoms with Crippen LogP contribution in [0.5, 0.6) is 0 Å². The molecule has 2 aromatic heterocycles. The maximum atomic E-state index is 8.36. The van der Waals surface area contributed by atoms with Gasteiger partial charge in [-0.15, -0.1) is 10.2 Å². The van der Waals surface area contributed by atoms with Crippen molar-refractivity contribution >= 4 is 6.47 Å². The van der Waals surface area contributed by atoms with E-state index in [4.69, 9.17) is 9.90 Å². The molecule has 0 aliphatic carbocycles. The molecule has 0 spiro atoms. The van der Waals surface area contributed by atoms with Crippen LogP contribution in [0.2, 0.25) is 0 Å². The van der Waals surface area contributed by atoms with E-state index in [1.807, 2.05) is 4.68 Å². The Hall–Kier alpha value is -2.29. The van der Waals surface area contributed by atoms with E-state index in [1.165, 1.54) is 43.8 Å². The zero-order chi connectivity index (χ0) is 18.2. The predicted molar refractivity (Wildman–Crippen MR) is 94.7 cm³/mol. The molecular weight excluding hydrogens is 334 g/mol. The first-order valence-corrected chi connectivity index (χ1v) is 9.36. The van der Waals surface area contributed by atoms with Gasteiger partial charge in [0.15, 0.2) is 0 Å². The molecule has 9 heteroatoms. The molecule has 0 amide bonds. The molecule has 2 aliphatic heterocycles. The third-order valence-corrected chi connectivity index (χ3v) is 5.20. The SMILES string of the molecule is O=CO.c1ncn(CCN2CCC(c3nnc4n3CCCCC4)CC2)n1. The number of aromatic nitrogens is 6. The van der Waals surface area contributed by atoms with Gasteiger partial charge < -0.3 is 14.6 Å². The standard InChI is InChI=1S/C16H25N7.CH2O2/c1-2-4-15-19-20-16(23(15)7-3-1)14-5-8-21(9-6-14)10-11-22-13-17-12-18-22;2-1-3/h12-14H,1-11H2;1H,(H,2,3). The van der Waals surface area contributed by atoms with Crippen LogP contribution in [-0.2, 0) is 24.3 Å². The first-order valence-electron chi connectivity index (χ1n) is 9.36. The van der Waals surface area contributed by atoms with Gasteiger partial charge in [0.05, 0.1) is 6.54 Å². The number of hydrogen-bond donors (Lipinski definition) is 1. The average Bonchev–Trinajstić information content (AvgIpc) is 3.26. The number of piperidine rings is 1. The number of aryl methyl sites for hydroxylation is 1. The second kappa shape index (κ2) is 9.42. The fraction of sp³-hybridized carbons (Fsp3) is 0.706. The Balaban J connectivity index is 0.000000613. The van der Waals surface area contributed by atoms with Gasteiger partial charge in [-0.2, -0.15) is 5.10 Å². The van der Waals surface area contributed by atoms with Crippen molar-refractivity contribution in [1.82, 2.24) is 34.4 Å². The molecule has 4 heterocycles. The smallest absolute Gasteiger partial charge is 0.290 e. The van der Waals surface area contributed by atoms with Crippen molar-refractivity contribution in [3.05, 3.63) is 24.3 Å². The fourth-order valence-electron chi connectivity index (χ4n) is 3.82. The number of rotatable bonds is 4. The average molecular weight is 361 g/mol. The molecule has 9 nitrogen and oxygen atoms in total. The number of hydrogen-bond acceptors (Lipinski definition) is 6. The molecule has 1 N–H and O–H groups in total. The topological polar surface area (TPSA) is 102 Å². The summed E-state index contributed by atoms with van der Waals surface area (Å²) in [6.07, 6.45) is 10.7. The lowest BCUT2D eigenvalue weighted by atomic mass is 9.96. The first kappa shape index (κ1) is 18.5. The minimum atomic E-state index is -0.250. The van der Waals surface area contributed by atoms with E-state index in [2.05, 4.69) is 29.7 Å². The highest BCUT2D eigenvalue weighted by molar-refractivity contribution is 5.32. The van der Waals surface area contributed by atoms with E-state index >= 15 is 0 Å². The van der Waals surface area contributed by atoms with Crippen LogP contribution in [0.1, 0.15) is 49.7 Å². The van der Waals surface area contributed by atoms with Crippen molar-refractivity contribution in [3.8, 4) is 0 Å². The Labute approximate surface area is 153 Å². The van der Waals surface area contributed by atoms with Crippen LogP contribution in [0, 0.1) is 0 Å². The van der Waals surface area contributed by atoms with Crippen LogP contribution in [0.15, 0.2) is 12.7 Å². The summed E-state index contributed by atoms with van der Waals surface area (Å²) in [5.74, 6) is 3.04. The summed E-state index contributed by atoms with van der Waals surface area (Å²) in [5, 5.41) is 20.1. The maximum absolute atomic E-state index is 8.36. The van der Waals surface area contributed by atoms with E-state index < -0.39 is 0 Å². The third-order valence-electron chi connectivity index (χ3n) is 5.20. The Morgan fingerprint density at radius 3 is 2.65 bits per heavy atom. The molecule has 0 aromatic carbocycles. The lowest BCUT2D eigenvalue weighted by Crippen LogP contribution is -2.36. The van der Waals surface area contributed by atoms with E-state index in [0.29, 0.717) is 5.92 Å². The van der Waals surface area contributed by atoms with Gasteiger partial charge in [-0.05, 0) is 38.8 Å². The zero-order valence-electron chi connectivity index (χ0n) is 15.1. The molecular formula is C17H27N7O2. The summed E-state index contributed by atoms with van der Waals surface area (Å²) < 4.78 is 4.33. The van der Waals surface area contributed by atoms with Gasteiger partial charge in [-0.3, -0.25) is 9.48 Å². The van der Waals surface area contributed by atoms with Crippen molar-refractivity contribution in [1.29, 1.82) is 0 Å². The molecule has 142 valence electrons. The summed E-state index contributed by atoms with van der Waals surface area (Å²) >= 11 is 0. The molecule has 1 saturated heterocycles. The summed E-state index contributed by atoms with van der Waals surface area (Å²) in [5.41, 5.74) is 0. The van der Waals surface area contributed by atoms with Crippen molar-refractivity contribution in [2.24, 2.45) is 0 Å². The molecule has 0 saturated carbocycles. The van der Waals surface area contributed by atoms with E-state index in [-0.39, 0.29) is 6.47 Å². The van der Waals surface area contributed by atoms with Crippen molar-refractivity contribution in [3.63, 3.8) is 0 Å². The van der Waals surface area contributed by atoms with E-state index in [9.17, 15) is 0 Å². The van der Waals surface area contributed by atoms with Crippen LogP contribution < -0.4 is 0 Å². The fourth-order valence-corrected chi connectivity index (χ4v) is 3.82. The number of nitrogens with zero attached hydrogens (tertiary/aromatic N) is 7. The molecule has 2 aromatic rings. The van der Waals surface area contributed by atoms with Crippen molar-refractivity contribution < 1.29 is 9.90 Å². The second-order valence-electron chi connectivity index (χ2n) is 6.82. The van der Waals surface area contributed by atoms with Crippen LogP contribution in [0.25, 0.3) is 0 Å². The number of carbonyl (C=O) groups is 1. The largest absolute Gasteiger partial charge is 0.483 e. The molecule has 0 unspecified atom stereocenters. The van der Waals surface area contributed by atoms with E-state index in [0.717, 1.165) is 39.1 Å². The third kappa shape index (κ3) is 4.66. The van der Waals surface area contributed by atoms with Crippen LogP contribution in [0.3, 0.4) is 0 Å². The summed E-state index contributed by atoms with van der Waals surface area (Å²) in [7, 11) is 0. The summed E-state index contributed by atoms with van der Waals surface area (Å²) in [4.78, 5) is 14.9. The Bertz CT molecular complexity index is 663. The molecule has 0 bridgehead atoms. The molecule has 0 atom stereocenters. The van der Waals surface area contributed by atoms with Gasteiger partial charge in [0, 0.05) is 25.4 Å². The highest BCUT2D eigenvalue weighted by atomic mass is 16.3. The quantitative estimate of drug-likeness (QED) is 0.816. The van der Waals surface area contributed by atoms with Gasteiger partial charge in [0.25, 0.3) is 6.47 Å². The number of carboxylic acid groups (broad SMARTS) is 1. The van der Waals surface area contributed by atoms with Crippen molar-refractivity contribution in [2.75, 3.05) is 19.6 Å². The Morgan fingerprint density at radius 2 is 1.92 bits per heavy atom. The minimum Gasteiger partial charge on any atom is -0.483 e. The number of likely N-dealkylation sites (tertiary alicyclic amines) is 1. The van der Waals surface area contributed by atoms with Gasteiger partial charge in [-0.25, -0.2) is 4.98 Å². The second-order valence-corrected chi connectivity index (χ2v) is 6.82. The summed E-state index contributed by atoms with van der Waals surface area (Å²) in [6, 6.07) is 0. The molecule has 0 radical (unpaired) electrons. The number of fused-ring (bicyclic) bond motifs is 1. The molecule has 2 aliphatic rings. The van der Waals surface area contributed by atoms with Gasteiger partial charge in [0.1, 0.15) is 24.3 Å². The van der Waals surface area contributed by atoms with E-state index in [1.54, 1.807) is 12.7 Å². The highest BCUT2D eigenvalue weighted by Crippen LogP contribution is 2.28. The normalized spacial score (nSPS) is 18.5. The first-order chi connectivity index (χ1) is 12.8. The monoisotopic (exact) mass is 361 g/mol. The molecule has 4 rings (SSSR count). The van der Waals surface area contributed by atoms with Crippen LogP contribution in [-0.4, -0.2) is 65.6 Å². The van der Waals surface area contributed by atoms with Crippen molar-refractivity contribution in [2.45, 2.75) is 57.5 Å². The predicted octanol–water partition coefficient (Wildman–Crippen LogP) is 1.18. The molecule has 1 fully saturated rings. The highest BCUT2D eigenvalue weighted by Gasteiger charge is 2.26. The van der Waals surface area contributed by atoms with Crippen LogP contribution in [0.4, 0.5) is 0 Å². The summed E-state index contributed by atoms with van der Waals surface area (Å²) in [6.45, 7) is 5.12. The Morgan fingerprint density at radius 1 is 1.12 bits per heavy atom. The maximum Gasteiger partial charge on any atom is 0.290 e. The van der Waals surface area contributed by atoms with Gasteiger partial charge in [0.2, 0.25) is 0 Å². The minimum absolute atomic E-state index is 0.250. The van der Waals surface area contributed by atoms with Crippen LogP contribution >= 0.6 is 0 Å². The molecule has 26 heavy (non-hydrogen) atoms. The van der Waals surface area contributed by atoms with Gasteiger partial charge in [-0.1, -0.05) is 6.42 Å². The Kier molecular flexibility index (Phi) is 6.70.